The van der Waals surface area contributed by atoms with E-state index in [1.54, 1.807) is 6.07 Å². The van der Waals surface area contributed by atoms with Crippen LogP contribution >= 0.6 is 0 Å². The molecule has 6 heteroatoms. The minimum Gasteiger partial charge on any atom is -0.292 e. The summed E-state index contributed by atoms with van der Waals surface area (Å²) in [6, 6.07) is 6.68. The van der Waals surface area contributed by atoms with Gasteiger partial charge in [0.2, 0.25) is 0 Å². The smallest absolute Gasteiger partial charge is 0.151 e. The molecular formula is C15H17FN2O2S. The Kier molecular flexibility index (Phi) is 3.72. The molecule has 1 heterocycles. The molecule has 1 aromatic carbocycles. The molecule has 21 heavy (non-hydrogen) atoms. The van der Waals surface area contributed by atoms with Gasteiger partial charge in [0.1, 0.15) is 5.82 Å². The van der Waals surface area contributed by atoms with Crippen molar-refractivity contribution in [3.8, 4) is 6.07 Å². The fourth-order valence-corrected chi connectivity index (χ4v) is 4.73. The second-order valence-corrected chi connectivity index (χ2v) is 8.10. The van der Waals surface area contributed by atoms with E-state index in [-0.39, 0.29) is 17.5 Å². The molecule has 1 unspecified atom stereocenters. The second kappa shape index (κ2) is 5.39. The van der Waals surface area contributed by atoms with Crippen molar-refractivity contribution in [1.82, 2.24) is 4.90 Å². The summed E-state index contributed by atoms with van der Waals surface area (Å²) in [5.41, 5.74) is 1.11. The third-order valence-electron chi connectivity index (χ3n) is 4.24. The van der Waals surface area contributed by atoms with Crippen LogP contribution in [0.2, 0.25) is 0 Å². The lowest BCUT2D eigenvalue weighted by Crippen LogP contribution is -2.37. The van der Waals surface area contributed by atoms with Gasteiger partial charge in [0.05, 0.1) is 23.1 Å². The lowest BCUT2D eigenvalue weighted by atomic mass is 10.1. The minimum atomic E-state index is -2.93. The summed E-state index contributed by atoms with van der Waals surface area (Å²) in [6.45, 7) is 0.522. The van der Waals surface area contributed by atoms with Gasteiger partial charge in [0.15, 0.2) is 9.84 Å². The summed E-state index contributed by atoms with van der Waals surface area (Å²) >= 11 is 0. The van der Waals surface area contributed by atoms with Gasteiger partial charge in [-0.2, -0.15) is 5.26 Å². The van der Waals surface area contributed by atoms with Gasteiger partial charge < -0.3 is 0 Å². The summed E-state index contributed by atoms with van der Waals surface area (Å²) in [6.07, 6.45) is 2.79. The van der Waals surface area contributed by atoms with E-state index < -0.39 is 15.7 Å². The monoisotopic (exact) mass is 308 g/mol. The van der Waals surface area contributed by atoms with Crippen LogP contribution in [0.1, 0.15) is 30.4 Å². The molecule has 1 atom stereocenters. The number of rotatable bonds is 4. The van der Waals surface area contributed by atoms with E-state index in [0.29, 0.717) is 24.6 Å². The van der Waals surface area contributed by atoms with Crippen LogP contribution in [0.5, 0.6) is 0 Å². The summed E-state index contributed by atoms with van der Waals surface area (Å²) in [5, 5.41) is 9.13. The number of nitriles is 1. The molecule has 2 fully saturated rings. The number of halogens is 1. The molecule has 1 saturated heterocycles. The highest BCUT2D eigenvalue weighted by molar-refractivity contribution is 7.91. The molecule has 0 aromatic heterocycles. The van der Waals surface area contributed by atoms with Crippen molar-refractivity contribution in [3.63, 3.8) is 0 Å². The Bertz CT molecular complexity index is 692. The highest BCUT2D eigenvalue weighted by atomic mass is 32.2. The highest BCUT2D eigenvalue weighted by Crippen LogP contribution is 2.34. The molecular weight excluding hydrogens is 291 g/mol. The van der Waals surface area contributed by atoms with Gasteiger partial charge in [0, 0.05) is 18.6 Å². The number of hydrogen-bond donors (Lipinski definition) is 0. The second-order valence-electron chi connectivity index (χ2n) is 5.87. The average molecular weight is 308 g/mol. The molecule has 0 spiro atoms. The molecule has 0 amide bonds. The lowest BCUT2D eigenvalue weighted by molar-refractivity contribution is 0.193. The maximum Gasteiger partial charge on any atom is 0.151 e. The van der Waals surface area contributed by atoms with Crippen LogP contribution in [-0.4, -0.2) is 36.9 Å². The fourth-order valence-electron chi connectivity index (χ4n) is 2.99. The highest BCUT2D eigenvalue weighted by Gasteiger charge is 2.39. The van der Waals surface area contributed by atoms with E-state index in [2.05, 4.69) is 4.90 Å². The zero-order chi connectivity index (χ0) is 15.0. The van der Waals surface area contributed by atoms with Crippen molar-refractivity contribution in [2.45, 2.75) is 37.9 Å². The molecule has 1 saturated carbocycles. The molecule has 0 bridgehead atoms. The number of sulfone groups is 1. The van der Waals surface area contributed by atoms with Crippen LogP contribution in [0.4, 0.5) is 4.39 Å². The van der Waals surface area contributed by atoms with Crippen LogP contribution in [0.25, 0.3) is 0 Å². The first-order valence-electron chi connectivity index (χ1n) is 7.13. The van der Waals surface area contributed by atoms with Crippen molar-refractivity contribution in [3.05, 3.63) is 35.1 Å². The maximum absolute atomic E-state index is 13.2. The number of nitrogens with zero attached hydrogens (tertiary/aromatic N) is 2. The zero-order valence-corrected chi connectivity index (χ0v) is 12.4. The van der Waals surface area contributed by atoms with E-state index >= 15 is 0 Å². The number of benzene rings is 1. The normalized spacial score (nSPS) is 24.1. The molecule has 0 radical (unpaired) electrons. The largest absolute Gasteiger partial charge is 0.292 e. The Morgan fingerprint density at radius 2 is 2.05 bits per heavy atom. The van der Waals surface area contributed by atoms with Gasteiger partial charge in [-0.25, -0.2) is 12.8 Å². The van der Waals surface area contributed by atoms with E-state index in [1.807, 2.05) is 6.07 Å². The minimum absolute atomic E-state index is 0.0269. The maximum atomic E-state index is 13.2. The van der Waals surface area contributed by atoms with Gasteiger partial charge in [0.25, 0.3) is 0 Å². The summed E-state index contributed by atoms with van der Waals surface area (Å²) in [7, 11) is -2.93. The van der Waals surface area contributed by atoms with Crippen molar-refractivity contribution in [2.75, 3.05) is 11.5 Å². The molecule has 2 aliphatic rings. The predicted molar refractivity (Wildman–Crippen MR) is 76.7 cm³/mol. The molecule has 3 rings (SSSR count). The first-order chi connectivity index (χ1) is 9.98. The van der Waals surface area contributed by atoms with Gasteiger partial charge in [-0.1, -0.05) is 6.07 Å². The quantitative estimate of drug-likeness (QED) is 0.851. The summed E-state index contributed by atoms with van der Waals surface area (Å²) < 4.78 is 36.6. The average Bonchev–Trinajstić information content (AvgIpc) is 3.21. The van der Waals surface area contributed by atoms with Crippen molar-refractivity contribution in [1.29, 1.82) is 5.26 Å². The van der Waals surface area contributed by atoms with Crippen LogP contribution in [-0.2, 0) is 16.4 Å². The Hall–Kier alpha value is -1.45. The predicted octanol–water partition coefficient (Wildman–Crippen LogP) is 1.85. The van der Waals surface area contributed by atoms with E-state index in [1.165, 1.54) is 12.1 Å². The van der Waals surface area contributed by atoms with Crippen molar-refractivity contribution in [2.24, 2.45) is 0 Å². The topological polar surface area (TPSA) is 61.2 Å². The van der Waals surface area contributed by atoms with Crippen LogP contribution in [0, 0.1) is 17.1 Å². The Balaban J connectivity index is 1.82. The van der Waals surface area contributed by atoms with Gasteiger partial charge in [-0.05, 0) is 37.0 Å². The van der Waals surface area contributed by atoms with E-state index in [0.717, 1.165) is 18.4 Å². The molecule has 1 aromatic rings. The van der Waals surface area contributed by atoms with Gasteiger partial charge in [-0.3, -0.25) is 4.90 Å². The molecule has 4 nitrogen and oxygen atoms in total. The fraction of sp³-hybridized carbons (Fsp3) is 0.533. The van der Waals surface area contributed by atoms with E-state index in [9.17, 15) is 12.8 Å². The zero-order valence-electron chi connectivity index (χ0n) is 11.6. The lowest BCUT2D eigenvalue weighted by Gasteiger charge is -2.28. The standard InChI is InChI=1S/C15H17FN2O2S/c16-13-2-1-11(12(7-13)8-17)9-18(14-3-4-14)15-5-6-21(19,20)10-15/h1-2,7,14-15H,3-6,9-10H2. The Labute approximate surface area is 124 Å². The summed E-state index contributed by atoms with van der Waals surface area (Å²) in [4.78, 5) is 2.19. The third kappa shape index (κ3) is 3.25. The Morgan fingerprint density at radius 3 is 2.62 bits per heavy atom. The molecule has 112 valence electrons. The van der Waals surface area contributed by atoms with E-state index in [4.69, 9.17) is 5.26 Å². The molecule has 0 N–H and O–H groups in total. The van der Waals surface area contributed by atoms with Crippen LogP contribution in [0.15, 0.2) is 18.2 Å². The summed E-state index contributed by atoms with van der Waals surface area (Å²) in [5.74, 6) is 0.0267. The Morgan fingerprint density at radius 1 is 1.29 bits per heavy atom. The van der Waals surface area contributed by atoms with Crippen LogP contribution < -0.4 is 0 Å². The molecule has 1 aliphatic carbocycles. The number of hydrogen-bond acceptors (Lipinski definition) is 4. The third-order valence-corrected chi connectivity index (χ3v) is 5.99. The van der Waals surface area contributed by atoms with Crippen molar-refractivity contribution >= 4 is 9.84 Å². The first kappa shape index (κ1) is 14.5. The van der Waals surface area contributed by atoms with Gasteiger partial charge in [-0.15, -0.1) is 0 Å². The molecule has 1 aliphatic heterocycles. The van der Waals surface area contributed by atoms with Crippen molar-refractivity contribution < 1.29 is 12.8 Å². The van der Waals surface area contributed by atoms with Gasteiger partial charge >= 0.3 is 0 Å². The van der Waals surface area contributed by atoms with Crippen LogP contribution in [0.3, 0.4) is 0 Å². The first-order valence-corrected chi connectivity index (χ1v) is 8.95. The SMILES string of the molecule is N#Cc1cc(F)ccc1CN(C1CC1)C1CCS(=O)(=O)C1.